The number of carbonyl (C=O) groups excluding carboxylic acids is 3. The van der Waals surface area contributed by atoms with Crippen LogP contribution in [0.15, 0.2) is 42.5 Å². The molecule has 0 saturated carbocycles. The van der Waals surface area contributed by atoms with E-state index in [1.807, 2.05) is 19.1 Å². The van der Waals surface area contributed by atoms with Crippen molar-refractivity contribution in [1.29, 1.82) is 0 Å². The number of Topliss-reactive ketones (excluding diaryl/α,β-unsaturated/α-hetero) is 1. The molecule has 0 aliphatic heterocycles. The average Bonchev–Trinajstić information content (AvgIpc) is 2.65. The molecule has 0 spiro atoms. The van der Waals surface area contributed by atoms with Gasteiger partial charge in [0.15, 0.2) is 5.78 Å². The highest BCUT2D eigenvalue weighted by atomic mass is 35.5. The van der Waals surface area contributed by atoms with Crippen molar-refractivity contribution in [2.45, 2.75) is 19.8 Å². The Hall–Kier alpha value is -2.37. The number of hydrogen-bond acceptors (Lipinski definition) is 3. The molecule has 5 nitrogen and oxygen atoms in total. The molecule has 0 unspecified atom stereocenters. The molecule has 2 rings (SSSR count). The Morgan fingerprint density at radius 1 is 0.815 bits per heavy atom. The molecule has 7 heteroatoms. The second kappa shape index (κ2) is 10.1. The first kappa shape index (κ1) is 20.9. The fraction of sp³-hybridized carbons (Fsp3) is 0.250. The van der Waals surface area contributed by atoms with Crippen LogP contribution < -0.4 is 10.6 Å². The van der Waals surface area contributed by atoms with E-state index in [1.165, 1.54) is 6.07 Å². The molecule has 2 N–H and O–H groups in total. The van der Waals surface area contributed by atoms with Crippen LogP contribution in [-0.2, 0) is 4.79 Å². The molecule has 0 bridgehead atoms. The zero-order chi connectivity index (χ0) is 19.8. The summed E-state index contributed by atoms with van der Waals surface area (Å²) in [5.41, 5.74) is 2.06. The van der Waals surface area contributed by atoms with Crippen molar-refractivity contribution >= 4 is 40.8 Å². The quantitative estimate of drug-likeness (QED) is 0.516. The minimum atomic E-state index is -0.308. The highest BCUT2D eigenvalue weighted by Crippen LogP contribution is 2.22. The normalized spacial score (nSPS) is 10.3. The number of hydrogen-bond donors (Lipinski definition) is 2. The molecule has 27 heavy (non-hydrogen) atoms. The van der Waals surface area contributed by atoms with E-state index < -0.39 is 0 Å². The number of rotatable bonds is 8. The van der Waals surface area contributed by atoms with Gasteiger partial charge in [0.1, 0.15) is 0 Å². The lowest BCUT2D eigenvalue weighted by Crippen LogP contribution is -2.34. The maximum Gasteiger partial charge on any atom is 0.251 e. The summed E-state index contributed by atoms with van der Waals surface area (Å²) in [7, 11) is 0. The second-order valence-electron chi connectivity index (χ2n) is 6.02. The molecule has 142 valence electrons. The van der Waals surface area contributed by atoms with E-state index in [-0.39, 0.29) is 43.5 Å². The molecule has 0 aromatic heterocycles. The van der Waals surface area contributed by atoms with Crippen LogP contribution in [0.3, 0.4) is 0 Å². The number of nitrogens with one attached hydrogen (secondary N) is 2. The topological polar surface area (TPSA) is 75.3 Å². The van der Waals surface area contributed by atoms with Gasteiger partial charge in [0, 0.05) is 37.1 Å². The summed E-state index contributed by atoms with van der Waals surface area (Å²) < 4.78 is 0. The summed E-state index contributed by atoms with van der Waals surface area (Å²) in [6.45, 7) is 2.48. The van der Waals surface area contributed by atoms with E-state index in [0.717, 1.165) is 5.56 Å². The van der Waals surface area contributed by atoms with E-state index in [0.29, 0.717) is 21.2 Å². The minimum Gasteiger partial charge on any atom is -0.354 e. The molecule has 2 aromatic rings. The lowest BCUT2D eigenvalue weighted by Gasteiger charge is -2.08. The van der Waals surface area contributed by atoms with Crippen molar-refractivity contribution in [2.24, 2.45) is 0 Å². The van der Waals surface area contributed by atoms with Crippen molar-refractivity contribution < 1.29 is 14.4 Å². The second-order valence-corrected chi connectivity index (χ2v) is 6.84. The Labute approximate surface area is 168 Å². The van der Waals surface area contributed by atoms with Gasteiger partial charge in [-0.05, 0) is 25.1 Å². The Kier molecular flexibility index (Phi) is 7.82. The Morgan fingerprint density at radius 2 is 1.44 bits per heavy atom. The zero-order valence-electron chi connectivity index (χ0n) is 14.9. The highest BCUT2D eigenvalue weighted by molar-refractivity contribution is 6.42. The monoisotopic (exact) mass is 406 g/mol. The first-order valence-electron chi connectivity index (χ1n) is 8.46. The summed E-state index contributed by atoms with van der Waals surface area (Å²) in [5, 5.41) is 6.02. The fourth-order valence-corrected chi connectivity index (χ4v) is 2.61. The van der Waals surface area contributed by atoms with Crippen molar-refractivity contribution in [3.63, 3.8) is 0 Å². The van der Waals surface area contributed by atoms with Crippen molar-refractivity contribution in [3.8, 4) is 0 Å². The van der Waals surface area contributed by atoms with Gasteiger partial charge in [0.25, 0.3) is 5.91 Å². The maximum absolute atomic E-state index is 12.0. The fourth-order valence-electron chi connectivity index (χ4n) is 2.32. The molecular formula is C20H20Cl2N2O3. The SMILES string of the molecule is Cc1ccc(C(=O)CCC(=O)NCCNC(=O)c2ccc(Cl)c(Cl)c2)cc1. The van der Waals surface area contributed by atoms with Gasteiger partial charge in [-0.3, -0.25) is 14.4 Å². The molecule has 0 saturated heterocycles. The van der Waals surface area contributed by atoms with E-state index in [1.54, 1.807) is 24.3 Å². The number of carbonyl (C=O) groups is 3. The summed E-state index contributed by atoms with van der Waals surface area (Å²) in [4.78, 5) is 35.8. The lowest BCUT2D eigenvalue weighted by molar-refractivity contribution is -0.121. The number of ketones is 1. The summed E-state index contributed by atoms with van der Waals surface area (Å²) in [5.74, 6) is -0.616. The van der Waals surface area contributed by atoms with Gasteiger partial charge in [-0.1, -0.05) is 53.0 Å². The van der Waals surface area contributed by atoms with E-state index in [9.17, 15) is 14.4 Å². The van der Waals surface area contributed by atoms with Crippen LogP contribution in [0, 0.1) is 6.92 Å². The third-order valence-corrected chi connectivity index (χ3v) is 4.61. The molecule has 0 radical (unpaired) electrons. The molecule has 0 atom stereocenters. The highest BCUT2D eigenvalue weighted by Gasteiger charge is 2.10. The summed E-state index contributed by atoms with van der Waals surface area (Å²) in [6.07, 6.45) is 0.248. The number of aryl methyl sites for hydroxylation is 1. The maximum atomic E-state index is 12.0. The minimum absolute atomic E-state index is 0.0712. The lowest BCUT2D eigenvalue weighted by atomic mass is 10.1. The zero-order valence-corrected chi connectivity index (χ0v) is 16.4. The third-order valence-electron chi connectivity index (χ3n) is 3.87. The van der Waals surface area contributed by atoms with Gasteiger partial charge in [-0.25, -0.2) is 0 Å². The Morgan fingerprint density at radius 3 is 2.11 bits per heavy atom. The smallest absolute Gasteiger partial charge is 0.251 e. The van der Waals surface area contributed by atoms with Crippen molar-refractivity contribution in [3.05, 3.63) is 69.2 Å². The molecule has 2 aromatic carbocycles. The average molecular weight is 407 g/mol. The first-order valence-corrected chi connectivity index (χ1v) is 9.22. The molecule has 0 heterocycles. The van der Waals surface area contributed by atoms with Crippen LogP contribution in [0.2, 0.25) is 10.0 Å². The van der Waals surface area contributed by atoms with Crippen LogP contribution in [-0.4, -0.2) is 30.7 Å². The Bertz CT molecular complexity index is 836. The summed E-state index contributed by atoms with van der Waals surface area (Å²) >= 11 is 11.7. The van der Waals surface area contributed by atoms with Gasteiger partial charge in [0.05, 0.1) is 10.0 Å². The molecule has 2 amide bonds. The van der Waals surface area contributed by atoms with Crippen molar-refractivity contribution in [2.75, 3.05) is 13.1 Å². The van der Waals surface area contributed by atoms with Gasteiger partial charge < -0.3 is 10.6 Å². The standard InChI is InChI=1S/C20H20Cl2N2O3/c1-13-2-4-14(5-3-13)18(25)8-9-19(26)23-10-11-24-20(27)15-6-7-16(21)17(22)12-15/h2-7,12H,8-11H2,1H3,(H,23,26)(H,24,27). The van der Waals surface area contributed by atoms with Crippen LogP contribution in [0.5, 0.6) is 0 Å². The summed E-state index contributed by atoms with van der Waals surface area (Å²) in [6, 6.07) is 11.8. The van der Waals surface area contributed by atoms with Crippen LogP contribution in [0.1, 0.15) is 39.1 Å². The molecule has 0 aliphatic rings. The van der Waals surface area contributed by atoms with E-state index >= 15 is 0 Å². The van der Waals surface area contributed by atoms with Crippen molar-refractivity contribution in [1.82, 2.24) is 10.6 Å². The van der Waals surface area contributed by atoms with Gasteiger partial charge in [-0.15, -0.1) is 0 Å². The van der Waals surface area contributed by atoms with Crippen LogP contribution in [0.25, 0.3) is 0 Å². The van der Waals surface area contributed by atoms with Gasteiger partial charge in [0.2, 0.25) is 5.91 Å². The van der Waals surface area contributed by atoms with E-state index in [4.69, 9.17) is 23.2 Å². The number of amides is 2. The van der Waals surface area contributed by atoms with E-state index in [2.05, 4.69) is 10.6 Å². The third kappa shape index (κ3) is 6.70. The number of halogens is 2. The predicted molar refractivity (Wildman–Crippen MR) is 107 cm³/mol. The van der Waals surface area contributed by atoms with Crippen LogP contribution in [0.4, 0.5) is 0 Å². The molecule has 0 fully saturated rings. The molecular weight excluding hydrogens is 387 g/mol. The van der Waals surface area contributed by atoms with Gasteiger partial charge in [-0.2, -0.15) is 0 Å². The largest absolute Gasteiger partial charge is 0.354 e. The predicted octanol–water partition coefficient (Wildman–Crippen LogP) is 3.81. The molecule has 0 aliphatic carbocycles. The Balaban J connectivity index is 1.67. The van der Waals surface area contributed by atoms with Crippen LogP contribution >= 0.6 is 23.2 Å². The van der Waals surface area contributed by atoms with Gasteiger partial charge >= 0.3 is 0 Å². The first-order chi connectivity index (χ1) is 12.9. The number of benzene rings is 2.